The van der Waals surface area contributed by atoms with Crippen molar-refractivity contribution >= 4 is 37.6 Å². The monoisotopic (exact) mass is 383 g/mol. The van der Waals surface area contributed by atoms with Crippen LogP contribution in [0.4, 0.5) is 5.69 Å². The zero-order valence-electron chi connectivity index (χ0n) is 11.7. The van der Waals surface area contributed by atoms with Gasteiger partial charge in [0.25, 0.3) is 10.0 Å². The summed E-state index contributed by atoms with van der Waals surface area (Å²) in [6.45, 7) is 1.97. The summed E-state index contributed by atoms with van der Waals surface area (Å²) in [6, 6.07) is 10.9. The molecule has 0 spiro atoms. The van der Waals surface area contributed by atoms with Crippen LogP contribution in [0.25, 0.3) is 0 Å². The van der Waals surface area contributed by atoms with Crippen molar-refractivity contribution in [2.75, 3.05) is 4.72 Å². The lowest BCUT2D eigenvalue weighted by Crippen LogP contribution is -2.14. The van der Waals surface area contributed by atoms with Crippen molar-refractivity contribution in [2.45, 2.75) is 18.2 Å². The van der Waals surface area contributed by atoms with E-state index in [-0.39, 0.29) is 10.5 Å². The van der Waals surface area contributed by atoms with Gasteiger partial charge in [-0.2, -0.15) is 0 Å². The van der Waals surface area contributed by atoms with Crippen LogP contribution < -0.4 is 4.72 Å². The molecular formula is C15H14BrNO4S. The quantitative estimate of drug-likeness (QED) is 0.827. The van der Waals surface area contributed by atoms with Gasteiger partial charge in [-0.25, -0.2) is 13.2 Å². The number of halogens is 1. The molecule has 0 bridgehead atoms. The van der Waals surface area contributed by atoms with E-state index in [1.807, 2.05) is 13.0 Å². The fourth-order valence-corrected chi connectivity index (χ4v) is 3.40. The average molecular weight is 384 g/mol. The van der Waals surface area contributed by atoms with Crippen LogP contribution in [-0.4, -0.2) is 19.5 Å². The molecule has 5 nitrogen and oxygen atoms in total. The average Bonchev–Trinajstić information content (AvgIpc) is 2.46. The second-order valence-electron chi connectivity index (χ2n) is 4.61. The highest BCUT2D eigenvalue weighted by Gasteiger charge is 2.18. The Bertz CT molecular complexity index is 818. The summed E-state index contributed by atoms with van der Waals surface area (Å²) in [4.78, 5) is 11.0. The highest BCUT2D eigenvalue weighted by atomic mass is 79.9. The maximum absolute atomic E-state index is 12.4. The number of hydrogen-bond donors (Lipinski definition) is 2. The minimum atomic E-state index is -3.85. The van der Waals surface area contributed by atoms with Crippen LogP contribution in [0.2, 0.25) is 0 Å². The molecular weight excluding hydrogens is 370 g/mol. The molecule has 0 amide bonds. The third-order valence-electron chi connectivity index (χ3n) is 3.07. The molecule has 22 heavy (non-hydrogen) atoms. The Kier molecular flexibility index (Phi) is 4.87. The Morgan fingerprint density at radius 2 is 1.95 bits per heavy atom. The number of carboxylic acid groups (broad SMARTS) is 1. The Morgan fingerprint density at radius 3 is 2.59 bits per heavy atom. The first-order valence-electron chi connectivity index (χ1n) is 6.48. The highest BCUT2D eigenvalue weighted by molar-refractivity contribution is 9.10. The number of hydrogen-bond acceptors (Lipinski definition) is 3. The Morgan fingerprint density at radius 1 is 1.23 bits per heavy atom. The number of benzene rings is 2. The second kappa shape index (κ2) is 6.50. The van der Waals surface area contributed by atoms with Crippen molar-refractivity contribution in [1.82, 2.24) is 0 Å². The molecule has 0 atom stereocenters. The summed E-state index contributed by atoms with van der Waals surface area (Å²) >= 11 is 3.09. The molecule has 2 rings (SSSR count). The summed E-state index contributed by atoms with van der Waals surface area (Å²) in [5, 5.41) is 9.07. The first kappa shape index (κ1) is 16.5. The predicted octanol–water partition coefficient (Wildman–Crippen LogP) is 3.51. The van der Waals surface area contributed by atoms with E-state index >= 15 is 0 Å². The van der Waals surface area contributed by atoms with E-state index in [0.717, 1.165) is 18.1 Å². The number of aromatic carboxylic acids is 1. The minimum Gasteiger partial charge on any atom is -0.478 e. The van der Waals surface area contributed by atoms with E-state index in [0.29, 0.717) is 10.2 Å². The smallest absolute Gasteiger partial charge is 0.336 e. The van der Waals surface area contributed by atoms with Gasteiger partial charge in [-0.1, -0.05) is 19.1 Å². The van der Waals surface area contributed by atoms with Crippen LogP contribution >= 0.6 is 15.9 Å². The number of rotatable bonds is 5. The van der Waals surface area contributed by atoms with Crippen molar-refractivity contribution < 1.29 is 18.3 Å². The van der Waals surface area contributed by atoms with Crippen molar-refractivity contribution in [1.29, 1.82) is 0 Å². The molecule has 2 N–H and O–H groups in total. The van der Waals surface area contributed by atoms with Crippen molar-refractivity contribution in [3.05, 3.63) is 58.1 Å². The number of anilines is 1. The van der Waals surface area contributed by atoms with Gasteiger partial charge in [0.2, 0.25) is 0 Å². The second-order valence-corrected chi connectivity index (χ2v) is 7.14. The molecule has 7 heteroatoms. The van der Waals surface area contributed by atoms with Gasteiger partial charge in [0.1, 0.15) is 0 Å². The van der Waals surface area contributed by atoms with Gasteiger partial charge in [-0.15, -0.1) is 0 Å². The summed E-state index contributed by atoms with van der Waals surface area (Å²) in [5.74, 6) is -1.20. The van der Waals surface area contributed by atoms with Gasteiger partial charge in [0.05, 0.1) is 10.5 Å². The lowest BCUT2D eigenvalue weighted by Gasteiger charge is -2.10. The van der Waals surface area contributed by atoms with Gasteiger partial charge in [0.15, 0.2) is 0 Å². The molecule has 0 aliphatic heterocycles. The lowest BCUT2D eigenvalue weighted by molar-refractivity contribution is 0.0695. The number of aryl methyl sites for hydroxylation is 1. The SMILES string of the molecule is CCc1cccc(NS(=O)(=O)c2ccc(Br)c(C(=O)O)c2)c1. The maximum Gasteiger partial charge on any atom is 0.336 e. The normalized spacial score (nSPS) is 11.2. The van der Waals surface area contributed by atoms with Crippen molar-refractivity contribution in [3.63, 3.8) is 0 Å². The van der Waals surface area contributed by atoms with Gasteiger partial charge in [-0.05, 0) is 58.2 Å². The summed E-state index contributed by atoms with van der Waals surface area (Å²) in [7, 11) is -3.85. The molecule has 0 unspecified atom stereocenters. The fourth-order valence-electron chi connectivity index (χ4n) is 1.90. The molecule has 0 heterocycles. The topological polar surface area (TPSA) is 83.5 Å². The van der Waals surface area contributed by atoms with E-state index in [2.05, 4.69) is 20.7 Å². The van der Waals surface area contributed by atoms with Crippen LogP contribution in [-0.2, 0) is 16.4 Å². The van der Waals surface area contributed by atoms with E-state index in [1.165, 1.54) is 12.1 Å². The zero-order valence-corrected chi connectivity index (χ0v) is 14.1. The standard InChI is InChI=1S/C15H14BrNO4S/c1-2-10-4-3-5-11(8-10)17-22(20,21)12-6-7-14(16)13(9-12)15(18)19/h3-9,17H,2H2,1H3,(H,18,19). The molecule has 0 aromatic heterocycles. The minimum absolute atomic E-state index is 0.102. The van der Waals surface area contributed by atoms with Gasteiger partial charge in [0, 0.05) is 10.2 Å². The molecule has 2 aromatic carbocycles. The Labute approximate surface area is 137 Å². The lowest BCUT2D eigenvalue weighted by atomic mass is 10.1. The van der Waals surface area contributed by atoms with E-state index in [9.17, 15) is 13.2 Å². The largest absolute Gasteiger partial charge is 0.478 e. The summed E-state index contributed by atoms with van der Waals surface area (Å²) < 4.78 is 27.5. The number of nitrogens with one attached hydrogen (secondary N) is 1. The van der Waals surface area contributed by atoms with Crippen molar-refractivity contribution in [2.24, 2.45) is 0 Å². The first-order chi connectivity index (χ1) is 10.3. The molecule has 0 fully saturated rings. The van der Waals surface area contributed by atoms with Gasteiger partial charge in [-0.3, -0.25) is 4.72 Å². The van der Waals surface area contributed by atoms with E-state index in [1.54, 1.807) is 18.2 Å². The summed E-state index contributed by atoms with van der Waals surface area (Å²) in [6.07, 6.45) is 0.789. The Balaban J connectivity index is 2.38. The number of carbonyl (C=O) groups is 1. The van der Waals surface area contributed by atoms with Crippen LogP contribution in [0.5, 0.6) is 0 Å². The van der Waals surface area contributed by atoms with E-state index < -0.39 is 16.0 Å². The molecule has 2 aromatic rings. The first-order valence-corrected chi connectivity index (χ1v) is 8.75. The van der Waals surface area contributed by atoms with Crippen LogP contribution in [0.15, 0.2) is 51.8 Å². The van der Waals surface area contributed by atoms with Gasteiger partial charge < -0.3 is 5.11 Å². The highest BCUT2D eigenvalue weighted by Crippen LogP contribution is 2.23. The van der Waals surface area contributed by atoms with E-state index in [4.69, 9.17) is 5.11 Å². The number of sulfonamides is 1. The molecule has 0 saturated heterocycles. The number of carboxylic acids is 1. The molecule has 0 radical (unpaired) electrons. The fraction of sp³-hybridized carbons (Fsp3) is 0.133. The predicted molar refractivity (Wildman–Crippen MR) is 87.7 cm³/mol. The maximum atomic E-state index is 12.4. The van der Waals surface area contributed by atoms with Crippen molar-refractivity contribution in [3.8, 4) is 0 Å². The Hall–Kier alpha value is -1.86. The zero-order chi connectivity index (χ0) is 16.3. The van der Waals surface area contributed by atoms with Crippen LogP contribution in [0.3, 0.4) is 0 Å². The third kappa shape index (κ3) is 3.66. The van der Waals surface area contributed by atoms with Crippen LogP contribution in [0, 0.1) is 0 Å². The molecule has 0 aliphatic rings. The van der Waals surface area contributed by atoms with Gasteiger partial charge >= 0.3 is 5.97 Å². The molecule has 116 valence electrons. The third-order valence-corrected chi connectivity index (χ3v) is 5.14. The van der Waals surface area contributed by atoms with Crippen LogP contribution in [0.1, 0.15) is 22.8 Å². The molecule has 0 aliphatic carbocycles. The molecule has 0 saturated carbocycles. The summed E-state index contributed by atoms with van der Waals surface area (Å²) in [5.41, 5.74) is 1.34.